The predicted molar refractivity (Wildman–Crippen MR) is 73.4 cm³/mol. The fraction of sp³-hybridized carbons (Fsp3) is 0.571. The minimum Gasteiger partial charge on any atom is -0.478 e. The maximum absolute atomic E-state index is 11.3. The van der Waals surface area contributed by atoms with E-state index in [0.29, 0.717) is 17.3 Å². The van der Waals surface area contributed by atoms with E-state index in [1.807, 2.05) is 31.9 Å². The lowest BCUT2D eigenvalue weighted by molar-refractivity contribution is 0.0696. The van der Waals surface area contributed by atoms with Crippen molar-refractivity contribution in [3.63, 3.8) is 0 Å². The van der Waals surface area contributed by atoms with Gasteiger partial charge in [-0.3, -0.25) is 0 Å². The van der Waals surface area contributed by atoms with Crippen molar-refractivity contribution in [3.05, 3.63) is 22.9 Å². The van der Waals surface area contributed by atoms with Crippen LogP contribution in [0.2, 0.25) is 0 Å². The van der Waals surface area contributed by atoms with Crippen molar-refractivity contribution in [2.45, 2.75) is 34.1 Å². The van der Waals surface area contributed by atoms with Gasteiger partial charge in [0.05, 0.1) is 0 Å². The third kappa shape index (κ3) is 3.45. The van der Waals surface area contributed by atoms with Crippen molar-refractivity contribution in [3.8, 4) is 0 Å². The van der Waals surface area contributed by atoms with E-state index >= 15 is 0 Å². The highest BCUT2D eigenvalue weighted by Gasteiger charge is 2.18. The zero-order chi connectivity index (χ0) is 13.9. The van der Waals surface area contributed by atoms with Gasteiger partial charge >= 0.3 is 5.97 Å². The molecule has 1 rings (SSSR count). The Labute approximate surface area is 109 Å². The molecule has 0 amide bonds. The molecule has 1 heterocycles. The zero-order valence-electron chi connectivity index (χ0n) is 11.8. The number of aryl methyl sites for hydroxylation is 2. The first kappa shape index (κ1) is 14.5. The molecule has 0 saturated carbocycles. The SMILES string of the molecule is Cc1cc(C)c(C(=O)O)c(N(C)CCC(C)C)n1. The predicted octanol–water partition coefficient (Wildman–Crippen LogP) is 2.88. The molecule has 0 aliphatic heterocycles. The standard InChI is InChI=1S/C14H22N2O2/c1-9(2)6-7-16(5)13-12(14(17)18)10(3)8-11(4)15-13/h8-9H,6-7H2,1-5H3,(H,17,18). The largest absolute Gasteiger partial charge is 0.478 e. The molecular formula is C14H22N2O2. The van der Waals surface area contributed by atoms with E-state index < -0.39 is 5.97 Å². The number of carboxylic acids is 1. The number of hydrogen-bond acceptors (Lipinski definition) is 3. The Morgan fingerprint density at radius 1 is 1.44 bits per heavy atom. The average molecular weight is 250 g/mol. The summed E-state index contributed by atoms with van der Waals surface area (Å²) < 4.78 is 0. The molecule has 0 aliphatic carbocycles. The molecule has 4 nitrogen and oxygen atoms in total. The van der Waals surface area contributed by atoms with Crippen LogP contribution < -0.4 is 4.90 Å². The molecule has 100 valence electrons. The average Bonchev–Trinajstić information content (AvgIpc) is 2.23. The van der Waals surface area contributed by atoms with Gasteiger partial charge in [-0.15, -0.1) is 0 Å². The number of aromatic carboxylic acids is 1. The van der Waals surface area contributed by atoms with Crippen LogP contribution in [0, 0.1) is 19.8 Å². The molecule has 0 aliphatic rings. The Morgan fingerprint density at radius 2 is 2.06 bits per heavy atom. The van der Waals surface area contributed by atoms with Gasteiger partial charge < -0.3 is 10.0 Å². The first-order valence-electron chi connectivity index (χ1n) is 6.25. The van der Waals surface area contributed by atoms with Gasteiger partial charge in [-0.25, -0.2) is 9.78 Å². The topological polar surface area (TPSA) is 53.4 Å². The molecule has 4 heteroatoms. The van der Waals surface area contributed by atoms with Crippen LogP contribution in [-0.2, 0) is 0 Å². The summed E-state index contributed by atoms with van der Waals surface area (Å²) in [5.74, 6) is 0.249. The van der Waals surface area contributed by atoms with Gasteiger partial charge in [-0.1, -0.05) is 13.8 Å². The Bertz CT molecular complexity index is 442. The highest BCUT2D eigenvalue weighted by Crippen LogP contribution is 2.22. The summed E-state index contributed by atoms with van der Waals surface area (Å²) in [6.45, 7) is 8.83. The van der Waals surface area contributed by atoms with Crippen LogP contribution in [0.4, 0.5) is 5.82 Å². The first-order chi connectivity index (χ1) is 8.32. The summed E-state index contributed by atoms with van der Waals surface area (Å²) in [5.41, 5.74) is 1.93. The molecule has 1 N–H and O–H groups in total. The molecule has 0 atom stereocenters. The molecule has 0 radical (unpaired) electrons. The fourth-order valence-electron chi connectivity index (χ4n) is 1.92. The second-order valence-electron chi connectivity index (χ2n) is 5.19. The lowest BCUT2D eigenvalue weighted by atomic mass is 10.1. The Hall–Kier alpha value is -1.58. The zero-order valence-corrected chi connectivity index (χ0v) is 11.8. The number of pyridine rings is 1. The first-order valence-corrected chi connectivity index (χ1v) is 6.25. The lowest BCUT2D eigenvalue weighted by Gasteiger charge is -2.22. The highest BCUT2D eigenvalue weighted by atomic mass is 16.4. The Balaban J connectivity index is 3.09. The van der Waals surface area contributed by atoms with Crippen LogP contribution in [0.3, 0.4) is 0 Å². The fourth-order valence-corrected chi connectivity index (χ4v) is 1.92. The third-order valence-corrected chi connectivity index (χ3v) is 2.94. The third-order valence-electron chi connectivity index (χ3n) is 2.94. The second-order valence-corrected chi connectivity index (χ2v) is 5.19. The summed E-state index contributed by atoms with van der Waals surface area (Å²) in [6, 6.07) is 1.81. The molecule has 1 aromatic rings. The maximum atomic E-state index is 11.3. The van der Waals surface area contributed by atoms with E-state index in [1.54, 1.807) is 0 Å². The number of aromatic nitrogens is 1. The van der Waals surface area contributed by atoms with Gasteiger partial charge in [0, 0.05) is 19.3 Å². The molecule has 1 aromatic heterocycles. The normalized spacial score (nSPS) is 10.8. The molecule has 0 unspecified atom stereocenters. The summed E-state index contributed by atoms with van der Waals surface area (Å²) >= 11 is 0. The minimum atomic E-state index is -0.911. The number of rotatable bonds is 5. The van der Waals surface area contributed by atoms with Gasteiger partial charge in [0.15, 0.2) is 0 Å². The van der Waals surface area contributed by atoms with E-state index in [-0.39, 0.29) is 0 Å². The maximum Gasteiger partial charge on any atom is 0.339 e. The van der Waals surface area contributed by atoms with Crippen LogP contribution >= 0.6 is 0 Å². The van der Waals surface area contributed by atoms with Crippen molar-refractivity contribution in [2.75, 3.05) is 18.5 Å². The Morgan fingerprint density at radius 3 is 2.56 bits per heavy atom. The number of hydrogen-bond donors (Lipinski definition) is 1. The molecular weight excluding hydrogens is 228 g/mol. The van der Waals surface area contributed by atoms with Crippen molar-refractivity contribution >= 4 is 11.8 Å². The smallest absolute Gasteiger partial charge is 0.339 e. The van der Waals surface area contributed by atoms with Gasteiger partial charge in [0.25, 0.3) is 0 Å². The van der Waals surface area contributed by atoms with Crippen LogP contribution in [0.5, 0.6) is 0 Å². The van der Waals surface area contributed by atoms with E-state index in [0.717, 1.165) is 24.2 Å². The van der Waals surface area contributed by atoms with Gasteiger partial charge in [0.1, 0.15) is 11.4 Å². The van der Waals surface area contributed by atoms with E-state index in [9.17, 15) is 9.90 Å². The summed E-state index contributed by atoms with van der Waals surface area (Å²) in [5, 5.41) is 9.30. The minimum absolute atomic E-state index is 0.312. The Kier molecular flexibility index (Phi) is 4.70. The number of anilines is 1. The lowest BCUT2D eigenvalue weighted by Crippen LogP contribution is -2.24. The monoisotopic (exact) mass is 250 g/mol. The summed E-state index contributed by atoms with van der Waals surface area (Å²) in [7, 11) is 1.90. The molecule has 0 aromatic carbocycles. The van der Waals surface area contributed by atoms with Crippen LogP contribution in [0.1, 0.15) is 41.9 Å². The summed E-state index contributed by atoms with van der Waals surface area (Å²) in [6.07, 6.45) is 1.02. The van der Waals surface area contributed by atoms with E-state index in [1.165, 1.54) is 0 Å². The number of carbonyl (C=O) groups is 1. The molecule has 0 saturated heterocycles. The van der Waals surface area contributed by atoms with Crippen molar-refractivity contribution < 1.29 is 9.90 Å². The molecule has 18 heavy (non-hydrogen) atoms. The molecule has 0 fully saturated rings. The molecule has 0 spiro atoms. The number of nitrogens with zero attached hydrogens (tertiary/aromatic N) is 2. The van der Waals surface area contributed by atoms with Crippen molar-refractivity contribution in [1.82, 2.24) is 4.98 Å². The van der Waals surface area contributed by atoms with Crippen LogP contribution in [-0.4, -0.2) is 29.7 Å². The van der Waals surface area contributed by atoms with Crippen molar-refractivity contribution in [1.29, 1.82) is 0 Å². The van der Waals surface area contributed by atoms with Crippen LogP contribution in [0.25, 0.3) is 0 Å². The highest BCUT2D eigenvalue weighted by molar-refractivity contribution is 5.95. The van der Waals surface area contributed by atoms with Gasteiger partial charge in [-0.05, 0) is 37.8 Å². The summed E-state index contributed by atoms with van der Waals surface area (Å²) in [4.78, 5) is 17.6. The van der Waals surface area contributed by atoms with Gasteiger partial charge in [0.2, 0.25) is 0 Å². The van der Waals surface area contributed by atoms with Crippen molar-refractivity contribution in [2.24, 2.45) is 5.92 Å². The van der Waals surface area contributed by atoms with Gasteiger partial charge in [-0.2, -0.15) is 0 Å². The number of carboxylic acid groups (broad SMARTS) is 1. The molecule has 0 bridgehead atoms. The second kappa shape index (κ2) is 5.85. The van der Waals surface area contributed by atoms with E-state index in [2.05, 4.69) is 18.8 Å². The van der Waals surface area contributed by atoms with Crippen LogP contribution in [0.15, 0.2) is 6.07 Å². The van der Waals surface area contributed by atoms with E-state index in [4.69, 9.17) is 0 Å². The quantitative estimate of drug-likeness (QED) is 0.873.